The summed E-state index contributed by atoms with van der Waals surface area (Å²) < 4.78 is 0.763. The zero-order valence-electron chi connectivity index (χ0n) is 7.01. The summed E-state index contributed by atoms with van der Waals surface area (Å²) in [5.74, 6) is 0.622. The van der Waals surface area contributed by atoms with Crippen LogP contribution in [-0.2, 0) is 0 Å². The fourth-order valence-electron chi connectivity index (χ4n) is 0.924. The summed E-state index contributed by atoms with van der Waals surface area (Å²) in [7, 11) is 0. The Hall–Kier alpha value is 0.01000. The van der Waals surface area contributed by atoms with Gasteiger partial charge >= 0.3 is 0 Å². The van der Waals surface area contributed by atoms with Gasteiger partial charge in [0.05, 0.1) is 5.75 Å². The molecule has 0 spiro atoms. The van der Waals surface area contributed by atoms with Gasteiger partial charge in [0.2, 0.25) is 0 Å². The van der Waals surface area contributed by atoms with Crippen LogP contribution < -0.4 is 0 Å². The van der Waals surface area contributed by atoms with Crippen LogP contribution in [0.1, 0.15) is 10.4 Å². The summed E-state index contributed by atoms with van der Waals surface area (Å²) in [5, 5.41) is 0.632. The Labute approximate surface area is 95.0 Å². The number of thioether (sulfide) groups is 1. The van der Waals surface area contributed by atoms with E-state index in [-0.39, 0.29) is 5.78 Å². The molecule has 0 aliphatic heterocycles. The Morgan fingerprint density at radius 1 is 1.62 bits per heavy atom. The lowest BCUT2D eigenvalue weighted by atomic mass is 10.1. The lowest BCUT2D eigenvalue weighted by Crippen LogP contribution is -2.02. The average Bonchev–Trinajstić information content (AvgIpc) is 2.04. The minimum Gasteiger partial charge on any atom is -0.293 e. The van der Waals surface area contributed by atoms with Gasteiger partial charge in [0, 0.05) is 15.1 Å². The summed E-state index contributed by atoms with van der Waals surface area (Å²) in [6, 6.07) is 5.19. The van der Waals surface area contributed by atoms with Crippen LogP contribution in [0.2, 0.25) is 5.02 Å². The second-order valence-electron chi connectivity index (χ2n) is 2.48. The van der Waals surface area contributed by atoms with Crippen molar-refractivity contribution in [1.82, 2.24) is 0 Å². The third kappa shape index (κ3) is 3.01. The molecule has 0 bridgehead atoms. The van der Waals surface area contributed by atoms with Gasteiger partial charge in [0.1, 0.15) is 0 Å². The van der Waals surface area contributed by atoms with E-state index in [1.54, 1.807) is 18.2 Å². The third-order valence-corrected chi connectivity index (χ3v) is 2.95. The molecule has 0 atom stereocenters. The number of halogens is 2. The van der Waals surface area contributed by atoms with E-state index in [1.807, 2.05) is 6.26 Å². The highest BCUT2D eigenvalue weighted by Crippen LogP contribution is 2.22. The van der Waals surface area contributed by atoms with Gasteiger partial charge in [0.15, 0.2) is 5.78 Å². The van der Waals surface area contributed by atoms with Gasteiger partial charge in [0.25, 0.3) is 0 Å². The summed E-state index contributed by atoms with van der Waals surface area (Å²) in [6.07, 6.45) is 1.90. The zero-order chi connectivity index (χ0) is 9.84. The predicted octanol–water partition coefficient (Wildman–Crippen LogP) is 3.65. The van der Waals surface area contributed by atoms with Gasteiger partial charge in [-0.15, -0.1) is 0 Å². The maximum absolute atomic E-state index is 11.5. The fraction of sp³-hybridized carbons (Fsp3) is 0.222. The maximum atomic E-state index is 11.5. The van der Waals surface area contributed by atoms with E-state index >= 15 is 0 Å². The van der Waals surface area contributed by atoms with Crippen LogP contribution in [0.15, 0.2) is 22.7 Å². The molecule has 1 nitrogen and oxygen atoms in total. The van der Waals surface area contributed by atoms with Gasteiger partial charge in [-0.3, -0.25) is 4.79 Å². The van der Waals surface area contributed by atoms with Crippen LogP contribution in [0.5, 0.6) is 0 Å². The number of carbonyl (C=O) groups excluding carboxylic acids is 1. The van der Waals surface area contributed by atoms with Crippen molar-refractivity contribution >= 4 is 45.1 Å². The average molecular weight is 280 g/mol. The number of ketones is 1. The first-order chi connectivity index (χ1) is 6.15. The SMILES string of the molecule is CSCC(=O)c1ccc(Cl)cc1Br. The molecular formula is C9H8BrClOS. The first-order valence-electron chi connectivity index (χ1n) is 3.62. The Morgan fingerprint density at radius 2 is 2.31 bits per heavy atom. The number of carbonyl (C=O) groups is 1. The first kappa shape index (κ1) is 11.1. The molecule has 0 heterocycles. The lowest BCUT2D eigenvalue weighted by Gasteiger charge is -2.02. The highest BCUT2D eigenvalue weighted by molar-refractivity contribution is 9.10. The highest BCUT2D eigenvalue weighted by Gasteiger charge is 2.08. The summed E-state index contributed by atoms with van der Waals surface area (Å²) in [4.78, 5) is 11.5. The van der Waals surface area contributed by atoms with Gasteiger partial charge in [-0.05, 0) is 40.4 Å². The lowest BCUT2D eigenvalue weighted by molar-refractivity contribution is 0.102. The largest absolute Gasteiger partial charge is 0.293 e. The van der Waals surface area contributed by atoms with E-state index in [0.29, 0.717) is 16.3 Å². The normalized spacial score (nSPS) is 10.1. The summed E-state index contributed by atoms with van der Waals surface area (Å²) >= 11 is 10.6. The molecule has 0 saturated heterocycles. The van der Waals surface area contributed by atoms with Crippen molar-refractivity contribution in [3.05, 3.63) is 33.3 Å². The first-order valence-corrected chi connectivity index (χ1v) is 6.19. The number of benzene rings is 1. The molecule has 1 rings (SSSR count). The van der Waals surface area contributed by atoms with Crippen molar-refractivity contribution in [3.8, 4) is 0 Å². The second kappa shape index (κ2) is 5.03. The summed E-state index contributed by atoms with van der Waals surface area (Å²) in [5.41, 5.74) is 0.693. The zero-order valence-corrected chi connectivity index (χ0v) is 10.2. The van der Waals surface area contributed by atoms with Crippen LogP contribution in [0.25, 0.3) is 0 Å². The number of hydrogen-bond donors (Lipinski definition) is 0. The van der Waals surface area contributed by atoms with E-state index in [9.17, 15) is 4.79 Å². The van der Waals surface area contributed by atoms with E-state index in [1.165, 1.54) is 11.8 Å². The Bertz CT molecular complexity index is 327. The molecule has 4 heteroatoms. The molecule has 0 saturated carbocycles. The van der Waals surface area contributed by atoms with Crippen LogP contribution in [0, 0.1) is 0 Å². The number of Topliss-reactive ketones (excluding diaryl/α,β-unsaturated/α-hetero) is 1. The molecule has 0 aromatic heterocycles. The van der Waals surface area contributed by atoms with E-state index in [0.717, 1.165) is 4.47 Å². The minimum absolute atomic E-state index is 0.121. The van der Waals surface area contributed by atoms with Crippen LogP contribution in [0.3, 0.4) is 0 Å². The van der Waals surface area contributed by atoms with Gasteiger partial charge in [-0.25, -0.2) is 0 Å². The Balaban J connectivity index is 2.95. The number of rotatable bonds is 3. The quantitative estimate of drug-likeness (QED) is 0.786. The van der Waals surface area contributed by atoms with Crippen LogP contribution >= 0.6 is 39.3 Å². The minimum atomic E-state index is 0.121. The van der Waals surface area contributed by atoms with Crippen molar-refractivity contribution in [2.45, 2.75) is 0 Å². The molecule has 0 aliphatic rings. The molecule has 0 amide bonds. The van der Waals surface area contributed by atoms with Gasteiger partial charge in [-0.2, -0.15) is 11.8 Å². The molecule has 0 radical (unpaired) electrons. The Morgan fingerprint density at radius 3 is 2.85 bits per heavy atom. The molecule has 0 fully saturated rings. The molecule has 70 valence electrons. The fourth-order valence-corrected chi connectivity index (χ4v) is 2.25. The number of hydrogen-bond acceptors (Lipinski definition) is 2. The van der Waals surface area contributed by atoms with Crippen molar-refractivity contribution in [2.24, 2.45) is 0 Å². The summed E-state index contributed by atoms with van der Waals surface area (Å²) in [6.45, 7) is 0. The second-order valence-corrected chi connectivity index (χ2v) is 4.64. The van der Waals surface area contributed by atoms with Gasteiger partial charge in [-0.1, -0.05) is 11.6 Å². The van der Waals surface area contributed by atoms with Crippen molar-refractivity contribution in [1.29, 1.82) is 0 Å². The van der Waals surface area contributed by atoms with Crippen molar-refractivity contribution < 1.29 is 4.79 Å². The molecule has 1 aromatic carbocycles. The third-order valence-electron chi connectivity index (χ3n) is 1.51. The molecule has 0 N–H and O–H groups in total. The Kier molecular flexibility index (Phi) is 4.29. The van der Waals surface area contributed by atoms with E-state index in [2.05, 4.69) is 15.9 Å². The molecule has 0 unspecified atom stereocenters. The van der Waals surface area contributed by atoms with Crippen LogP contribution in [0.4, 0.5) is 0 Å². The molecule has 13 heavy (non-hydrogen) atoms. The van der Waals surface area contributed by atoms with E-state index in [4.69, 9.17) is 11.6 Å². The van der Waals surface area contributed by atoms with Crippen LogP contribution in [-0.4, -0.2) is 17.8 Å². The molecular weight excluding hydrogens is 272 g/mol. The molecule has 1 aromatic rings. The standard InChI is InChI=1S/C9H8BrClOS/c1-13-5-9(12)7-3-2-6(11)4-8(7)10/h2-4H,5H2,1H3. The van der Waals surface area contributed by atoms with E-state index < -0.39 is 0 Å². The molecule has 0 aliphatic carbocycles. The van der Waals surface area contributed by atoms with Crippen molar-refractivity contribution in [3.63, 3.8) is 0 Å². The topological polar surface area (TPSA) is 17.1 Å². The van der Waals surface area contributed by atoms with Gasteiger partial charge < -0.3 is 0 Å². The van der Waals surface area contributed by atoms with Crippen molar-refractivity contribution in [2.75, 3.05) is 12.0 Å². The predicted molar refractivity (Wildman–Crippen MR) is 61.9 cm³/mol. The smallest absolute Gasteiger partial charge is 0.173 e. The highest BCUT2D eigenvalue weighted by atomic mass is 79.9. The maximum Gasteiger partial charge on any atom is 0.173 e. The monoisotopic (exact) mass is 278 g/mol.